The van der Waals surface area contributed by atoms with Gasteiger partial charge in [-0.25, -0.2) is 0 Å². The van der Waals surface area contributed by atoms with Gasteiger partial charge in [0, 0.05) is 23.3 Å². The molecule has 2 atom stereocenters. The van der Waals surface area contributed by atoms with E-state index in [9.17, 15) is 0 Å². The number of anilines is 1. The summed E-state index contributed by atoms with van der Waals surface area (Å²) in [6, 6.07) is 21.6. The average molecular weight is 495 g/mol. The van der Waals surface area contributed by atoms with Crippen LogP contribution in [0.4, 0.5) is 5.69 Å². The predicted octanol–water partition coefficient (Wildman–Crippen LogP) is 7.15. The van der Waals surface area contributed by atoms with Crippen LogP contribution in [-0.2, 0) is 6.42 Å². The standard InChI is InChI=1S/C31H34N4S/c1-7-24-12-10-11-20(3)29(24)34-22(5)18-26(23(34)6)30-28(27-13-8-9-16-32-27)33-31(36)35(30)25-15-14-19(2)21(4)17-25/h8-18,28,30H,7H2,1-6H3,(H,33,36)/t28-,30-/m0/s1. The Morgan fingerprint density at radius 1 is 0.889 bits per heavy atom. The Morgan fingerprint density at radius 2 is 1.69 bits per heavy atom. The topological polar surface area (TPSA) is 33.1 Å². The first-order chi connectivity index (χ1) is 17.3. The molecule has 0 amide bonds. The van der Waals surface area contributed by atoms with Gasteiger partial charge in [0.25, 0.3) is 0 Å². The third-order valence-electron chi connectivity index (χ3n) is 7.58. The summed E-state index contributed by atoms with van der Waals surface area (Å²) in [6.45, 7) is 13.2. The van der Waals surface area contributed by atoms with E-state index in [-0.39, 0.29) is 12.1 Å². The van der Waals surface area contributed by atoms with Crippen LogP contribution in [0.2, 0.25) is 0 Å². The Bertz CT molecular complexity index is 1440. The van der Waals surface area contributed by atoms with E-state index in [1.165, 1.54) is 44.9 Å². The molecule has 3 heterocycles. The number of hydrogen-bond donors (Lipinski definition) is 1. The lowest BCUT2D eigenvalue weighted by atomic mass is 9.96. The van der Waals surface area contributed by atoms with Gasteiger partial charge in [0.05, 0.1) is 23.5 Å². The molecule has 0 unspecified atom stereocenters. The monoisotopic (exact) mass is 494 g/mol. The number of nitrogens with zero attached hydrogens (tertiary/aromatic N) is 3. The Hall–Kier alpha value is -3.44. The minimum absolute atomic E-state index is 0.0245. The number of thiocarbonyl (C=S) groups is 1. The molecule has 4 nitrogen and oxygen atoms in total. The first-order valence-corrected chi connectivity index (χ1v) is 13.1. The molecule has 0 aliphatic carbocycles. The first kappa shape index (κ1) is 24.3. The van der Waals surface area contributed by atoms with Crippen molar-refractivity contribution in [3.8, 4) is 5.69 Å². The highest BCUT2D eigenvalue weighted by molar-refractivity contribution is 7.80. The van der Waals surface area contributed by atoms with E-state index in [2.05, 4.69) is 105 Å². The Labute approximate surface area is 220 Å². The van der Waals surface area contributed by atoms with Crippen LogP contribution in [0.25, 0.3) is 5.69 Å². The predicted molar refractivity (Wildman–Crippen MR) is 153 cm³/mol. The van der Waals surface area contributed by atoms with Crippen molar-refractivity contribution in [3.63, 3.8) is 0 Å². The first-order valence-electron chi connectivity index (χ1n) is 12.7. The van der Waals surface area contributed by atoms with Crippen LogP contribution >= 0.6 is 12.2 Å². The number of para-hydroxylation sites is 1. The molecule has 1 aliphatic heterocycles. The van der Waals surface area contributed by atoms with Crippen LogP contribution in [-0.4, -0.2) is 14.7 Å². The fraction of sp³-hybridized carbons (Fsp3) is 0.290. The van der Waals surface area contributed by atoms with E-state index in [4.69, 9.17) is 17.2 Å². The van der Waals surface area contributed by atoms with Crippen molar-refractivity contribution in [2.24, 2.45) is 0 Å². The quantitative estimate of drug-likeness (QED) is 0.299. The van der Waals surface area contributed by atoms with E-state index in [0.29, 0.717) is 0 Å². The molecule has 1 aliphatic rings. The molecule has 0 saturated carbocycles. The van der Waals surface area contributed by atoms with Crippen LogP contribution in [0.3, 0.4) is 0 Å². The summed E-state index contributed by atoms with van der Waals surface area (Å²) in [4.78, 5) is 7.02. The van der Waals surface area contributed by atoms with E-state index in [0.717, 1.165) is 22.9 Å². The SMILES string of the molecule is CCc1cccc(C)c1-n1c(C)cc([C@H]2[C@H](c3ccccn3)NC(=S)N2c2ccc(C)c(C)c2)c1C. The molecule has 4 aromatic rings. The zero-order chi connectivity index (χ0) is 25.6. The van der Waals surface area contributed by atoms with Gasteiger partial charge < -0.3 is 14.8 Å². The van der Waals surface area contributed by atoms with E-state index >= 15 is 0 Å². The lowest BCUT2D eigenvalue weighted by Gasteiger charge is -2.29. The molecule has 1 fully saturated rings. The highest BCUT2D eigenvalue weighted by Gasteiger charge is 2.42. The Kier molecular flexibility index (Phi) is 6.44. The molecule has 184 valence electrons. The number of aromatic nitrogens is 2. The van der Waals surface area contributed by atoms with Crippen molar-refractivity contribution in [2.75, 3.05) is 4.90 Å². The van der Waals surface area contributed by atoms with Crippen molar-refractivity contribution < 1.29 is 0 Å². The van der Waals surface area contributed by atoms with Crippen LogP contribution in [0.1, 0.15) is 63.9 Å². The highest BCUT2D eigenvalue weighted by atomic mass is 32.1. The van der Waals surface area contributed by atoms with Gasteiger partial charge in [0.15, 0.2) is 5.11 Å². The fourth-order valence-corrected chi connectivity index (χ4v) is 5.93. The molecule has 2 aromatic carbocycles. The zero-order valence-corrected chi connectivity index (χ0v) is 22.8. The molecule has 1 N–H and O–H groups in total. The maximum Gasteiger partial charge on any atom is 0.174 e. The van der Waals surface area contributed by atoms with Gasteiger partial charge >= 0.3 is 0 Å². The zero-order valence-electron chi connectivity index (χ0n) is 22.0. The summed E-state index contributed by atoms with van der Waals surface area (Å²) < 4.78 is 2.43. The van der Waals surface area contributed by atoms with Crippen LogP contribution in [0.5, 0.6) is 0 Å². The molecule has 1 saturated heterocycles. The van der Waals surface area contributed by atoms with E-state index in [1.54, 1.807) is 0 Å². The number of pyridine rings is 1. The van der Waals surface area contributed by atoms with Gasteiger partial charge in [0.1, 0.15) is 0 Å². The highest BCUT2D eigenvalue weighted by Crippen LogP contribution is 2.44. The number of benzene rings is 2. The smallest absolute Gasteiger partial charge is 0.174 e. The number of rotatable bonds is 5. The summed E-state index contributed by atoms with van der Waals surface area (Å²) >= 11 is 5.97. The van der Waals surface area contributed by atoms with Crippen LogP contribution < -0.4 is 10.2 Å². The third kappa shape index (κ3) is 4.01. The van der Waals surface area contributed by atoms with Gasteiger partial charge in [-0.3, -0.25) is 4.98 Å². The molecule has 5 heteroatoms. The molecular weight excluding hydrogens is 460 g/mol. The molecule has 2 aromatic heterocycles. The lowest BCUT2D eigenvalue weighted by Crippen LogP contribution is -2.29. The molecular formula is C31H34N4S. The van der Waals surface area contributed by atoms with Crippen molar-refractivity contribution >= 4 is 23.0 Å². The second kappa shape index (κ2) is 9.55. The largest absolute Gasteiger partial charge is 0.351 e. The maximum absolute atomic E-state index is 5.97. The normalized spacial score (nSPS) is 17.5. The minimum atomic E-state index is -0.0585. The van der Waals surface area contributed by atoms with E-state index in [1.807, 2.05) is 18.3 Å². The lowest BCUT2D eigenvalue weighted by molar-refractivity contribution is 0.565. The number of hydrogen-bond acceptors (Lipinski definition) is 2. The average Bonchev–Trinajstić information content (AvgIpc) is 3.36. The van der Waals surface area contributed by atoms with Crippen molar-refractivity contribution in [2.45, 2.75) is 60.0 Å². The fourth-order valence-electron chi connectivity index (χ4n) is 5.58. The maximum atomic E-state index is 5.97. The van der Waals surface area contributed by atoms with Gasteiger partial charge in [-0.05, 0) is 111 Å². The van der Waals surface area contributed by atoms with Crippen LogP contribution in [0.15, 0.2) is 66.9 Å². The Balaban J connectivity index is 1.72. The number of aryl methyl sites for hydroxylation is 5. The van der Waals surface area contributed by atoms with Gasteiger partial charge in [0.2, 0.25) is 0 Å². The van der Waals surface area contributed by atoms with Crippen LogP contribution in [0, 0.1) is 34.6 Å². The molecule has 36 heavy (non-hydrogen) atoms. The second-order valence-corrected chi connectivity index (χ2v) is 10.2. The summed E-state index contributed by atoms with van der Waals surface area (Å²) in [5, 5.41) is 4.35. The Morgan fingerprint density at radius 3 is 2.39 bits per heavy atom. The second-order valence-electron chi connectivity index (χ2n) is 9.86. The van der Waals surface area contributed by atoms with Gasteiger partial charge in [-0.2, -0.15) is 0 Å². The summed E-state index contributed by atoms with van der Waals surface area (Å²) in [7, 11) is 0. The van der Waals surface area contributed by atoms with Crippen molar-refractivity contribution in [3.05, 3.63) is 112 Å². The van der Waals surface area contributed by atoms with Gasteiger partial charge in [-0.15, -0.1) is 0 Å². The number of nitrogens with one attached hydrogen (secondary N) is 1. The molecule has 0 bridgehead atoms. The molecule has 0 spiro atoms. The molecule has 0 radical (unpaired) electrons. The minimum Gasteiger partial charge on any atom is -0.351 e. The summed E-state index contributed by atoms with van der Waals surface area (Å²) in [5.74, 6) is 0. The van der Waals surface area contributed by atoms with E-state index < -0.39 is 0 Å². The van der Waals surface area contributed by atoms with Gasteiger partial charge in [-0.1, -0.05) is 37.3 Å². The summed E-state index contributed by atoms with van der Waals surface area (Å²) in [5.41, 5.74) is 12.3. The summed E-state index contributed by atoms with van der Waals surface area (Å²) in [6.07, 6.45) is 2.85. The third-order valence-corrected chi connectivity index (χ3v) is 7.90. The molecule has 5 rings (SSSR count). The van der Waals surface area contributed by atoms with Crippen molar-refractivity contribution in [1.29, 1.82) is 0 Å². The van der Waals surface area contributed by atoms with Crippen molar-refractivity contribution in [1.82, 2.24) is 14.9 Å².